The minimum atomic E-state index is -3.91. The zero-order valence-electron chi connectivity index (χ0n) is 19.0. The molecule has 0 atom stereocenters. The fraction of sp³-hybridized carbons (Fsp3) is 0.524. The maximum Gasteiger partial charge on any atom is 0.364 e. The number of thiol groups is 1. The van der Waals surface area contributed by atoms with E-state index in [4.69, 9.17) is 10.2 Å². The Labute approximate surface area is 197 Å². The third kappa shape index (κ3) is 4.40. The summed E-state index contributed by atoms with van der Waals surface area (Å²) in [5, 5.41) is 26.0. The molecule has 4 rings (SSSR count). The van der Waals surface area contributed by atoms with Gasteiger partial charge in [0.2, 0.25) is 0 Å². The number of carbonyl (C=O) groups is 1. The van der Waals surface area contributed by atoms with Crippen LogP contribution in [-0.4, -0.2) is 25.3 Å². The molecule has 0 saturated heterocycles. The molecule has 0 aliphatic heterocycles. The average molecular weight is 490 g/mol. The molecule has 2 aromatic rings. The Morgan fingerprint density at radius 1 is 1.33 bits per heavy atom. The van der Waals surface area contributed by atoms with Crippen LogP contribution in [0.3, 0.4) is 0 Å². The van der Waals surface area contributed by atoms with Crippen LogP contribution in [-0.2, 0) is 40.6 Å². The summed E-state index contributed by atoms with van der Waals surface area (Å²) in [6, 6.07) is -0.769. The van der Waals surface area contributed by atoms with E-state index < -0.39 is 21.9 Å². The lowest BCUT2D eigenvalue weighted by atomic mass is 9.90. The number of fused-ring (bicyclic) bond motifs is 2. The second-order valence-corrected chi connectivity index (χ2v) is 12.8. The third-order valence-electron chi connectivity index (χ3n) is 5.98. The van der Waals surface area contributed by atoms with Crippen molar-refractivity contribution in [2.24, 2.45) is 9.63 Å². The van der Waals surface area contributed by atoms with Gasteiger partial charge in [0, 0.05) is 11.1 Å². The molecule has 3 N–H and O–H groups in total. The van der Waals surface area contributed by atoms with Gasteiger partial charge >= 0.3 is 6.03 Å². The van der Waals surface area contributed by atoms with Crippen molar-refractivity contribution < 1.29 is 14.1 Å². The minimum Gasteiger partial charge on any atom is -0.383 e. The van der Waals surface area contributed by atoms with Gasteiger partial charge in [-0.25, -0.2) is 18.7 Å². The molecule has 0 unspecified atom stereocenters. The van der Waals surface area contributed by atoms with Crippen molar-refractivity contribution in [3.8, 4) is 6.19 Å². The van der Waals surface area contributed by atoms with E-state index in [2.05, 4.69) is 38.5 Å². The number of carbonyl (C=O) groups excluding carboxylic acids is 1. The fourth-order valence-corrected chi connectivity index (χ4v) is 6.71. The minimum absolute atomic E-state index is 0.0648. The summed E-state index contributed by atoms with van der Waals surface area (Å²) in [7, 11) is -3.91. The molecular formula is C21H27N7O3S2. The molecule has 12 heteroatoms. The number of aromatic nitrogens is 2. The number of rotatable bonds is 5. The second-order valence-electron chi connectivity index (χ2n) is 9.46. The Balaban J connectivity index is 1.62. The Hall–Kier alpha value is -2.75. The predicted octanol–water partition coefficient (Wildman–Crippen LogP) is 3.44. The molecule has 2 aromatic heterocycles. The van der Waals surface area contributed by atoms with E-state index in [9.17, 15) is 14.1 Å². The first-order valence-electron chi connectivity index (χ1n) is 10.7. The quantitative estimate of drug-likeness (QED) is 0.218. The van der Waals surface area contributed by atoms with Crippen molar-refractivity contribution in [2.45, 2.75) is 75.0 Å². The number of nitrogens with one attached hydrogen (secondary N) is 2. The number of anilines is 1. The molecule has 0 saturated carbocycles. The molecule has 0 fully saturated rings. The first-order valence-corrected chi connectivity index (χ1v) is 13.2. The number of hydrogen-bond acceptors (Lipinski definition) is 7. The van der Waals surface area contributed by atoms with Crippen LogP contribution in [0.1, 0.15) is 68.1 Å². The predicted molar refractivity (Wildman–Crippen MR) is 125 cm³/mol. The molecule has 2 aliphatic carbocycles. The number of thiazole rings is 1. The maximum atomic E-state index is 13.3. The van der Waals surface area contributed by atoms with Crippen molar-refractivity contribution in [3.05, 3.63) is 33.7 Å². The summed E-state index contributed by atoms with van der Waals surface area (Å²) in [4.78, 5) is 21.7. The van der Waals surface area contributed by atoms with Gasteiger partial charge in [0.05, 0.1) is 17.6 Å². The molecule has 33 heavy (non-hydrogen) atoms. The maximum absolute atomic E-state index is 13.3. The van der Waals surface area contributed by atoms with Crippen LogP contribution < -0.4 is 10.0 Å². The van der Waals surface area contributed by atoms with E-state index >= 15 is 0 Å². The standard InChI is InChI=1S/C21H27N7O3S2/c1-20(2)9-8-13-16(12-6-5-7-14(12)25-17(13)20)26-19(29)27-28-33(31,24-11-22)15-10-23-18(32-15)21(3,4)30/h10,30,33H,5-9H2,1-4H3,(H,24,31)(H,25,26,29)/b28-27-. The number of nitrogens with zero attached hydrogens (tertiary/aromatic N) is 5. The summed E-state index contributed by atoms with van der Waals surface area (Å²) in [5.41, 5.74) is 3.51. The van der Waals surface area contributed by atoms with Gasteiger partial charge in [0.1, 0.15) is 25.1 Å². The number of amides is 2. The van der Waals surface area contributed by atoms with E-state index in [1.165, 1.54) is 6.20 Å². The summed E-state index contributed by atoms with van der Waals surface area (Å²) >= 11 is 0.943. The highest BCUT2D eigenvalue weighted by molar-refractivity contribution is 8.01. The van der Waals surface area contributed by atoms with Gasteiger partial charge < -0.3 is 10.4 Å². The van der Waals surface area contributed by atoms with Crippen LogP contribution in [0.4, 0.5) is 10.5 Å². The van der Waals surface area contributed by atoms with Gasteiger partial charge in [-0.3, -0.25) is 4.98 Å². The number of aryl methyl sites for hydroxylation is 1. The SMILES string of the molecule is CC(C)(O)c1ncc([SH](=O)(/N=N\C(=O)Nc2c3c(nc4c2CCC4(C)C)CCC3)NC#N)s1. The number of nitriles is 1. The normalized spacial score (nSPS) is 17.5. The third-order valence-corrected chi connectivity index (χ3v) is 9.56. The lowest BCUT2D eigenvalue weighted by molar-refractivity contribution is 0.0783. The van der Waals surface area contributed by atoms with E-state index in [-0.39, 0.29) is 9.62 Å². The highest BCUT2D eigenvalue weighted by atomic mass is 32.3. The van der Waals surface area contributed by atoms with Crippen molar-refractivity contribution in [1.29, 1.82) is 5.26 Å². The van der Waals surface area contributed by atoms with Gasteiger partial charge in [0.25, 0.3) is 0 Å². The van der Waals surface area contributed by atoms with Gasteiger partial charge in [-0.2, -0.15) is 5.26 Å². The molecule has 2 heterocycles. The lowest BCUT2D eigenvalue weighted by Gasteiger charge is -2.20. The number of aliphatic hydroxyl groups is 1. The van der Waals surface area contributed by atoms with Crippen molar-refractivity contribution >= 4 is 33.4 Å². The Kier molecular flexibility index (Phi) is 5.84. The lowest BCUT2D eigenvalue weighted by Crippen LogP contribution is -2.24. The van der Waals surface area contributed by atoms with Crippen molar-refractivity contribution in [2.75, 3.05) is 5.32 Å². The molecular weight excluding hydrogens is 462 g/mol. The van der Waals surface area contributed by atoms with Gasteiger partial charge in [0.15, 0.2) is 6.19 Å². The summed E-state index contributed by atoms with van der Waals surface area (Å²) in [6.07, 6.45) is 7.32. The van der Waals surface area contributed by atoms with E-state index in [1.54, 1.807) is 20.0 Å². The number of hydrogen-bond donors (Lipinski definition) is 4. The van der Waals surface area contributed by atoms with E-state index in [0.717, 1.165) is 71.6 Å². The Morgan fingerprint density at radius 3 is 2.76 bits per heavy atom. The Morgan fingerprint density at radius 2 is 2.09 bits per heavy atom. The molecule has 10 nitrogen and oxygen atoms in total. The largest absolute Gasteiger partial charge is 0.383 e. The van der Waals surface area contributed by atoms with Crippen LogP contribution in [0.25, 0.3) is 0 Å². The van der Waals surface area contributed by atoms with Crippen LogP contribution in [0.2, 0.25) is 0 Å². The zero-order valence-corrected chi connectivity index (χ0v) is 20.7. The summed E-state index contributed by atoms with van der Waals surface area (Å²) < 4.78 is 19.3. The van der Waals surface area contributed by atoms with Gasteiger partial charge in [-0.1, -0.05) is 23.5 Å². The number of urea groups is 1. The number of pyridine rings is 1. The molecule has 0 radical (unpaired) electrons. The van der Waals surface area contributed by atoms with Crippen LogP contribution in [0, 0.1) is 11.5 Å². The highest BCUT2D eigenvalue weighted by Crippen LogP contribution is 2.44. The first kappa shape index (κ1) is 23.4. The molecule has 2 aliphatic rings. The smallest absolute Gasteiger partial charge is 0.364 e. The highest BCUT2D eigenvalue weighted by Gasteiger charge is 2.36. The molecule has 0 spiro atoms. The zero-order chi connectivity index (χ0) is 24.0. The summed E-state index contributed by atoms with van der Waals surface area (Å²) in [6.45, 7) is 7.39. The second kappa shape index (κ2) is 8.23. The fourth-order valence-electron chi connectivity index (χ4n) is 4.25. The first-order chi connectivity index (χ1) is 15.4. The van der Waals surface area contributed by atoms with Crippen LogP contribution in [0.5, 0.6) is 0 Å². The molecule has 0 bridgehead atoms. The monoisotopic (exact) mass is 489 g/mol. The van der Waals surface area contributed by atoms with E-state index in [1.807, 2.05) is 0 Å². The van der Waals surface area contributed by atoms with Crippen molar-refractivity contribution in [3.63, 3.8) is 0 Å². The Bertz CT molecular complexity index is 1240. The van der Waals surface area contributed by atoms with Gasteiger partial charge in [-0.05, 0) is 57.1 Å². The van der Waals surface area contributed by atoms with Gasteiger partial charge in [-0.15, -0.1) is 11.3 Å². The topological polar surface area (TPSA) is 153 Å². The summed E-state index contributed by atoms with van der Waals surface area (Å²) in [5.74, 6) is 0. The average Bonchev–Trinajstić information content (AvgIpc) is 3.46. The molecule has 0 aromatic carbocycles. The van der Waals surface area contributed by atoms with Crippen LogP contribution >= 0.6 is 11.3 Å². The van der Waals surface area contributed by atoms with E-state index in [0.29, 0.717) is 5.01 Å². The molecule has 176 valence electrons. The van der Waals surface area contributed by atoms with Crippen molar-refractivity contribution in [1.82, 2.24) is 14.7 Å². The molecule has 2 amide bonds. The van der Waals surface area contributed by atoms with Crippen LogP contribution in [0.15, 0.2) is 20.0 Å².